The second-order valence-corrected chi connectivity index (χ2v) is 26.9. The number of para-hydroxylation sites is 2. The van der Waals surface area contributed by atoms with Gasteiger partial charge in [0.05, 0.1) is 43.0 Å². The molecule has 1 atom stereocenters. The van der Waals surface area contributed by atoms with E-state index in [1.165, 1.54) is 28.8 Å². The Balaban J connectivity index is 0.000000221. The number of carbonyl (C=O) groups is 5. The van der Waals surface area contributed by atoms with E-state index in [9.17, 15) is 24.0 Å². The number of amides is 3. The summed E-state index contributed by atoms with van der Waals surface area (Å²) >= 11 is 25.7. The molecular formula is C75H84Cl4N4O11S. The molecule has 20 heteroatoms. The lowest BCUT2D eigenvalue weighted by atomic mass is 9.92. The van der Waals surface area contributed by atoms with Gasteiger partial charge in [0.1, 0.15) is 23.0 Å². The van der Waals surface area contributed by atoms with Crippen molar-refractivity contribution >= 4 is 103 Å². The van der Waals surface area contributed by atoms with Crippen molar-refractivity contribution in [3.63, 3.8) is 0 Å². The molecule has 1 aliphatic carbocycles. The Bertz CT molecular complexity index is 3820. The Hall–Kier alpha value is -8.38. The number of hydrogen-bond acceptors (Lipinski definition) is 12. The number of hydrogen-bond donors (Lipinski definition) is 2. The van der Waals surface area contributed by atoms with Crippen LogP contribution in [0.15, 0.2) is 181 Å². The molecule has 0 saturated heterocycles. The molecule has 504 valence electrons. The van der Waals surface area contributed by atoms with E-state index >= 15 is 0 Å². The Morgan fingerprint density at radius 2 is 1.31 bits per heavy atom. The summed E-state index contributed by atoms with van der Waals surface area (Å²) in [5.41, 5.74) is 12.7. The third-order valence-corrected chi connectivity index (χ3v) is 16.6. The number of aryl methyl sites for hydroxylation is 3. The zero-order valence-corrected chi connectivity index (χ0v) is 60.0. The van der Waals surface area contributed by atoms with Gasteiger partial charge in [0.25, 0.3) is 22.9 Å². The van der Waals surface area contributed by atoms with E-state index in [1.807, 2.05) is 170 Å². The standard InChI is InChI=1S/C22H28N2O3.C16H15Cl3O2.C16H14N2O2S.C11H16O.C10H11ClO3/c1-14-11-15(2)13-17(12-14)21(26)24(22(4,5)6)23-20(25)18-9-8-10-19(27-7)16(18)3;1-20-13-7-3-11(4-8-13)15(16(17,18)19)12-5-9-14(21-2)10-6-12;1-18(12-7-3-2-4-8-12)15(19)11-20-16-17-13-9-5-6-10-14(13)21-16;1-3-4-5-6-10-9(2)7-8-11(10)12;1-6-5-8(11)3-4-9(6)14-7(2)10(12)13/h8-13H,1-7H3,(H,23,25);3-10,15H,1-2H3;2-10H,11H2,1H3;4-5H,3,6-8H2,1-2H3;3-5,7H,1-2H3,(H,12,13)/b;;;5-4+;/t;;;;7-/m....1/s1. The van der Waals surface area contributed by atoms with E-state index in [2.05, 4.69) is 36.4 Å². The molecule has 1 heterocycles. The molecule has 0 saturated carbocycles. The maximum Gasteiger partial charge on any atom is 0.344 e. The molecule has 0 bridgehead atoms. The number of aliphatic carboxylic acids is 1. The summed E-state index contributed by atoms with van der Waals surface area (Å²) in [6.45, 7) is 18.8. The maximum atomic E-state index is 13.2. The van der Waals surface area contributed by atoms with Crippen LogP contribution in [0.1, 0.15) is 127 Å². The molecule has 3 amide bonds. The number of ketones is 1. The summed E-state index contributed by atoms with van der Waals surface area (Å²) in [5, 5.41) is 11.2. The summed E-state index contributed by atoms with van der Waals surface area (Å²) in [5.74, 6) is 0.984. The van der Waals surface area contributed by atoms with Gasteiger partial charge in [0.2, 0.25) is 3.79 Å². The molecule has 0 unspecified atom stereocenters. The highest BCUT2D eigenvalue weighted by Crippen LogP contribution is 2.46. The van der Waals surface area contributed by atoms with Gasteiger partial charge in [-0.25, -0.2) is 14.8 Å². The predicted molar refractivity (Wildman–Crippen MR) is 385 cm³/mol. The van der Waals surface area contributed by atoms with Gasteiger partial charge in [-0.2, -0.15) is 0 Å². The van der Waals surface area contributed by atoms with E-state index < -0.39 is 21.4 Å². The number of thiazole rings is 1. The Morgan fingerprint density at radius 3 is 1.81 bits per heavy atom. The number of hydrazine groups is 1. The Labute approximate surface area is 582 Å². The van der Waals surface area contributed by atoms with E-state index in [4.69, 9.17) is 75.2 Å². The van der Waals surface area contributed by atoms with Crippen LogP contribution in [0.25, 0.3) is 10.2 Å². The van der Waals surface area contributed by atoms with Gasteiger partial charge in [-0.15, -0.1) is 0 Å². The number of carboxylic acids is 1. The van der Waals surface area contributed by atoms with Crippen LogP contribution in [0.2, 0.25) is 5.02 Å². The molecule has 0 spiro atoms. The highest BCUT2D eigenvalue weighted by molar-refractivity contribution is 7.20. The monoisotopic (exact) mass is 1390 g/mol. The minimum Gasteiger partial charge on any atom is -0.497 e. The Kier molecular flexibility index (Phi) is 30.2. The van der Waals surface area contributed by atoms with Crippen molar-refractivity contribution in [3.8, 4) is 28.2 Å². The van der Waals surface area contributed by atoms with E-state index in [0.717, 1.165) is 92.0 Å². The highest BCUT2D eigenvalue weighted by Gasteiger charge is 2.36. The number of halogens is 4. The van der Waals surface area contributed by atoms with Crippen molar-refractivity contribution in [2.45, 2.75) is 116 Å². The number of nitrogens with one attached hydrogen (secondary N) is 1. The van der Waals surface area contributed by atoms with Gasteiger partial charge in [0.15, 0.2) is 18.5 Å². The number of carboxylic acid groups (broad SMARTS) is 1. The number of carbonyl (C=O) groups excluding carboxylic acids is 4. The third kappa shape index (κ3) is 23.8. The number of benzene rings is 7. The van der Waals surface area contributed by atoms with Crippen molar-refractivity contribution in [2.75, 3.05) is 39.9 Å². The van der Waals surface area contributed by atoms with Gasteiger partial charge in [-0.3, -0.25) is 24.6 Å². The van der Waals surface area contributed by atoms with Crippen LogP contribution in [0.5, 0.6) is 28.2 Å². The summed E-state index contributed by atoms with van der Waals surface area (Å²) in [7, 11) is 6.53. The molecule has 8 aromatic rings. The average Bonchev–Trinajstić information content (AvgIpc) is 1.74. The lowest BCUT2D eigenvalue weighted by Crippen LogP contribution is -2.56. The highest BCUT2D eigenvalue weighted by atomic mass is 35.6. The summed E-state index contributed by atoms with van der Waals surface area (Å²) in [6, 6.07) is 48.3. The lowest BCUT2D eigenvalue weighted by Gasteiger charge is -2.35. The fourth-order valence-corrected chi connectivity index (χ4v) is 11.4. The first kappa shape index (κ1) is 77.3. The quantitative estimate of drug-likeness (QED) is 0.0500. The van der Waals surface area contributed by atoms with Crippen molar-refractivity contribution in [1.29, 1.82) is 0 Å². The van der Waals surface area contributed by atoms with E-state index in [-0.39, 0.29) is 30.2 Å². The molecule has 15 nitrogen and oxygen atoms in total. The first-order chi connectivity index (χ1) is 45.0. The van der Waals surface area contributed by atoms with Gasteiger partial charge >= 0.3 is 5.97 Å². The zero-order chi connectivity index (χ0) is 70.2. The van der Waals surface area contributed by atoms with Crippen molar-refractivity contribution in [3.05, 3.63) is 231 Å². The second kappa shape index (κ2) is 37.1. The van der Waals surface area contributed by atoms with Gasteiger partial charge < -0.3 is 33.7 Å². The number of fused-ring (bicyclic) bond motifs is 1. The number of rotatable bonds is 17. The van der Waals surface area contributed by atoms with Crippen LogP contribution < -0.4 is 34.0 Å². The normalized spacial score (nSPS) is 12.1. The molecule has 9 rings (SSSR count). The third-order valence-electron chi connectivity index (χ3n) is 14.7. The number of nitrogens with zero attached hydrogens (tertiary/aromatic N) is 3. The smallest absolute Gasteiger partial charge is 0.344 e. The van der Waals surface area contributed by atoms with Crippen LogP contribution in [0.3, 0.4) is 0 Å². The number of likely N-dealkylation sites (N-methyl/N-ethyl adjacent to an activating group) is 1. The van der Waals surface area contributed by atoms with Crippen molar-refractivity contribution < 1.29 is 52.8 Å². The minimum absolute atomic E-state index is 0.0226. The topological polar surface area (TPSA) is 183 Å². The van der Waals surface area contributed by atoms with Crippen LogP contribution in [0, 0.1) is 27.7 Å². The second-order valence-electron chi connectivity index (χ2n) is 23.1. The van der Waals surface area contributed by atoms with Crippen LogP contribution in [-0.2, 0) is 14.4 Å². The fourth-order valence-electron chi connectivity index (χ4n) is 9.57. The Morgan fingerprint density at radius 1 is 0.716 bits per heavy atom. The van der Waals surface area contributed by atoms with Crippen molar-refractivity contribution in [1.82, 2.24) is 15.4 Å². The van der Waals surface area contributed by atoms with Crippen LogP contribution in [-0.4, -0.2) is 95.0 Å². The molecule has 95 heavy (non-hydrogen) atoms. The molecule has 2 N–H and O–H groups in total. The van der Waals surface area contributed by atoms with Gasteiger partial charge in [-0.05, 0) is 195 Å². The number of alkyl halides is 3. The molecule has 1 aliphatic rings. The molecule has 0 radical (unpaired) electrons. The first-order valence-electron chi connectivity index (χ1n) is 30.5. The van der Waals surface area contributed by atoms with E-state index in [0.29, 0.717) is 38.6 Å². The number of ether oxygens (including phenoxy) is 5. The summed E-state index contributed by atoms with van der Waals surface area (Å²) < 4.78 is 25.9. The first-order valence-corrected chi connectivity index (χ1v) is 32.9. The average molecular weight is 1390 g/mol. The SMILES string of the molecule is CC/C=C/CC1=C(C)CCC1=O.CN(C(=O)COc1nc2ccccc2s1)c1ccccc1.COc1ccc(C(c2ccc(OC)cc2)C(Cl)(Cl)Cl)cc1.COc1cccc(C(=O)NN(C(=O)c2cc(C)cc(C)c2)C(C)(C)C)c1C.Cc1cc(Cl)ccc1O[C@H](C)C(=O)O. The summed E-state index contributed by atoms with van der Waals surface area (Å²) in [6.07, 6.45) is 6.98. The fraction of sp³-hybridized carbons (Fsp3) is 0.307. The number of Topliss-reactive ketones (excluding diaryl/α,β-unsaturated/α-hetero) is 1. The zero-order valence-electron chi connectivity index (χ0n) is 56.1. The van der Waals surface area contributed by atoms with Gasteiger partial charge in [0, 0.05) is 40.9 Å². The molecular weight excluding hydrogens is 1310 g/mol. The van der Waals surface area contributed by atoms with Crippen LogP contribution >= 0.6 is 57.7 Å². The maximum absolute atomic E-state index is 13.2. The number of anilines is 1. The van der Waals surface area contributed by atoms with E-state index in [1.54, 1.807) is 69.7 Å². The summed E-state index contributed by atoms with van der Waals surface area (Å²) in [4.78, 5) is 65.9. The molecule has 0 fully saturated rings. The minimum atomic E-state index is -1.46. The molecule has 7 aromatic carbocycles. The molecule has 0 aliphatic heterocycles. The number of aromatic nitrogens is 1. The van der Waals surface area contributed by atoms with Crippen LogP contribution in [0.4, 0.5) is 5.69 Å². The number of methoxy groups -OCH3 is 3. The van der Waals surface area contributed by atoms with Crippen molar-refractivity contribution in [2.24, 2.45) is 0 Å². The molecule has 1 aromatic heterocycles. The lowest BCUT2D eigenvalue weighted by molar-refractivity contribution is -0.144. The largest absolute Gasteiger partial charge is 0.497 e. The number of allylic oxidation sites excluding steroid dienone is 4. The predicted octanol–water partition coefficient (Wildman–Crippen LogP) is 18.3. The van der Waals surface area contributed by atoms with Gasteiger partial charge in [-0.1, -0.05) is 160 Å².